The lowest BCUT2D eigenvalue weighted by molar-refractivity contribution is 0.250. The van der Waals surface area contributed by atoms with E-state index in [0.29, 0.717) is 19.0 Å². The molecule has 6 nitrogen and oxygen atoms in total. The fourth-order valence-corrected chi connectivity index (χ4v) is 1.84. The summed E-state index contributed by atoms with van der Waals surface area (Å²) in [7, 11) is 1.63. The summed E-state index contributed by atoms with van der Waals surface area (Å²) in [5, 5.41) is 13.5. The number of hydrogen-bond acceptors (Lipinski definition) is 5. The maximum atomic E-state index is 9.09. The first-order valence-corrected chi connectivity index (χ1v) is 6.95. The van der Waals surface area contributed by atoms with E-state index in [0.717, 1.165) is 17.3 Å². The number of hydrogen-bond donors (Lipinski definition) is 1. The lowest BCUT2D eigenvalue weighted by Gasteiger charge is -2.07. The van der Waals surface area contributed by atoms with Gasteiger partial charge in [-0.05, 0) is 24.3 Å². The van der Waals surface area contributed by atoms with Crippen molar-refractivity contribution in [1.29, 1.82) is 0 Å². The highest BCUT2D eigenvalue weighted by molar-refractivity contribution is 5.31. The zero-order valence-electron chi connectivity index (χ0n) is 12.6. The highest BCUT2D eigenvalue weighted by Crippen LogP contribution is 2.18. The van der Waals surface area contributed by atoms with Crippen molar-refractivity contribution in [2.75, 3.05) is 13.7 Å². The summed E-state index contributed by atoms with van der Waals surface area (Å²) < 4.78 is 12.5. The van der Waals surface area contributed by atoms with Crippen molar-refractivity contribution in [2.45, 2.75) is 32.9 Å². The number of nitrogens with zero attached hydrogens (tertiary/aromatic N) is 3. The number of benzene rings is 1. The van der Waals surface area contributed by atoms with Crippen LogP contribution in [-0.4, -0.2) is 33.6 Å². The van der Waals surface area contributed by atoms with Crippen molar-refractivity contribution in [3.05, 3.63) is 35.9 Å². The van der Waals surface area contributed by atoms with Crippen LogP contribution in [0.2, 0.25) is 0 Å². The topological polar surface area (TPSA) is 69.4 Å². The second-order valence-corrected chi connectivity index (χ2v) is 4.95. The monoisotopic (exact) mass is 291 g/mol. The van der Waals surface area contributed by atoms with Gasteiger partial charge in [-0.15, -0.1) is 0 Å². The van der Waals surface area contributed by atoms with E-state index >= 15 is 0 Å². The number of aromatic nitrogens is 3. The molecular weight excluding hydrogens is 270 g/mol. The molecule has 0 spiro atoms. The predicted octanol–water partition coefficient (Wildman–Crippen LogP) is 1.98. The predicted molar refractivity (Wildman–Crippen MR) is 78.5 cm³/mol. The van der Waals surface area contributed by atoms with Crippen molar-refractivity contribution in [1.82, 2.24) is 14.8 Å². The SMILES string of the molecule is COc1ccc(OCc2nc(C(C)C)nn2CCO)cc1. The van der Waals surface area contributed by atoms with E-state index in [2.05, 4.69) is 10.1 Å². The molecule has 0 aliphatic rings. The third-order valence-electron chi connectivity index (χ3n) is 3.02. The first kappa shape index (κ1) is 15.3. The molecule has 1 aromatic carbocycles. The molecular formula is C15H21N3O3. The summed E-state index contributed by atoms with van der Waals surface area (Å²) in [5.74, 6) is 3.23. The zero-order chi connectivity index (χ0) is 15.2. The average molecular weight is 291 g/mol. The fraction of sp³-hybridized carbons (Fsp3) is 0.467. The number of aliphatic hydroxyl groups excluding tert-OH is 1. The molecule has 21 heavy (non-hydrogen) atoms. The Labute approximate surface area is 124 Å². The summed E-state index contributed by atoms with van der Waals surface area (Å²) in [6.45, 7) is 4.82. The Morgan fingerprint density at radius 1 is 1.19 bits per heavy atom. The molecule has 1 aromatic heterocycles. The Bertz CT molecular complexity index is 564. The van der Waals surface area contributed by atoms with Gasteiger partial charge < -0.3 is 14.6 Å². The maximum absolute atomic E-state index is 9.09. The molecule has 0 amide bonds. The van der Waals surface area contributed by atoms with Crippen LogP contribution in [0.15, 0.2) is 24.3 Å². The van der Waals surface area contributed by atoms with Gasteiger partial charge in [-0.25, -0.2) is 9.67 Å². The van der Waals surface area contributed by atoms with Gasteiger partial charge in [0.25, 0.3) is 0 Å². The van der Waals surface area contributed by atoms with E-state index in [1.54, 1.807) is 11.8 Å². The van der Waals surface area contributed by atoms with E-state index in [1.807, 2.05) is 38.1 Å². The van der Waals surface area contributed by atoms with Crippen molar-refractivity contribution in [2.24, 2.45) is 0 Å². The number of aliphatic hydroxyl groups is 1. The van der Waals surface area contributed by atoms with E-state index in [1.165, 1.54) is 0 Å². The van der Waals surface area contributed by atoms with E-state index in [9.17, 15) is 0 Å². The Morgan fingerprint density at radius 3 is 2.43 bits per heavy atom. The van der Waals surface area contributed by atoms with Crippen LogP contribution in [0.4, 0.5) is 0 Å². The first-order chi connectivity index (χ1) is 10.1. The van der Waals surface area contributed by atoms with Crippen molar-refractivity contribution < 1.29 is 14.6 Å². The van der Waals surface area contributed by atoms with Crippen molar-refractivity contribution in [3.8, 4) is 11.5 Å². The van der Waals surface area contributed by atoms with Crippen LogP contribution in [-0.2, 0) is 13.2 Å². The van der Waals surface area contributed by atoms with Gasteiger partial charge in [0.15, 0.2) is 11.6 Å². The standard InChI is InChI=1S/C15H21N3O3/c1-11(2)15-16-14(18(17-15)8-9-19)10-21-13-6-4-12(20-3)5-7-13/h4-7,11,19H,8-10H2,1-3H3. The molecule has 0 atom stereocenters. The van der Waals surface area contributed by atoms with E-state index < -0.39 is 0 Å². The highest BCUT2D eigenvalue weighted by atomic mass is 16.5. The van der Waals surface area contributed by atoms with Crippen LogP contribution in [0.3, 0.4) is 0 Å². The molecule has 6 heteroatoms. The second kappa shape index (κ2) is 7.08. The van der Waals surface area contributed by atoms with Crippen LogP contribution < -0.4 is 9.47 Å². The molecule has 0 unspecified atom stereocenters. The first-order valence-electron chi connectivity index (χ1n) is 6.95. The van der Waals surface area contributed by atoms with Crippen molar-refractivity contribution in [3.63, 3.8) is 0 Å². The molecule has 0 bridgehead atoms. The van der Waals surface area contributed by atoms with Gasteiger partial charge in [-0.2, -0.15) is 5.10 Å². The third kappa shape index (κ3) is 3.95. The maximum Gasteiger partial charge on any atom is 0.165 e. The smallest absolute Gasteiger partial charge is 0.165 e. The minimum atomic E-state index is 0.0242. The summed E-state index contributed by atoms with van der Waals surface area (Å²) in [6.07, 6.45) is 0. The minimum Gasteiger partial charge on any atom is -0.497 e. The van der Waals surface area contributed by atoms with Crippen LogP contribution in [0.5, 0.6) is 11.5 Å². The Balaban J connectivity index is 2.06. The van der Waals surface area contributed by atoms with Gasteiger partial charge in [0, 0.05) is 5.92 Å². The fourth-order valence-electron chi connectivity index (χ4n) is 1.84. The average Bonchev–Trinajstić information content (AvgIpc) is 2.89. The van der Waals surface area contributed by atoms with Crippen LogP contribution in [0.25, 0.3) is 0 Å². The number of ether oxygens (including phenoxy) is 2. The van der Waals surface area contributed by atoms with Gasteiger partial charge in [-0.1, -0.05) is 13.8 Å². The molecule has 2 rings (SSSR count). The largest absolute Gasteiger partial charge is 0.497 e. The third-order valence-corrected chi connectivity index (χ3v) is 3.02. The lowest BCUT2D eigenvalue weighted by atomic mass is 10.2. The normalized spacial score (nSPS) is 10.9. The van der Waals surface area contributed by atoms with Gasteiger partial charge in [0.1, 0.15) is 18.1 Å². The molecule has 1 N–H and O–H groups in total. The lowest BCUT2D eigenvalue weighted by Crippen LogP contribution is -2.11. The molecule has 0 aliphatic carbocycles. The van der Waals surface area contributed by atoms with Gasteiger partial charge in [0.2, 0.25) is 0 Å². The van der Waals surface area contributed by atoms with Crippen LogP contribution >= 0.6 is 0 Å². The van der Waals surface area contributed by atoms with Gasteiger partial charge >= 0.3 is 0 Å². The molecule has 0 radical (unpaired) electrons. The summed E-state index contributed by atoms with van der Waals surface area (Å²) in [6, 6.07) is 7.37. The minimum absolute atomic E-state index is 0.0242. The molecule has 1 heterocycles. The van der Waals surface area contributed by atoms with Gasteiger partial charge in [0.05, 0.1) is 20.3 Å². The van der Waals surface area contributed by atoms with E-state index in [-0.39, 0.29) is 12.5 Å². The Hall–Kier alpha value is -2.08. The Morgan fingerprint density at radius 2 is 1.86 bits per heavy atom. The van der Waals surface area contributed by atoms with Crippen LogP contribution in [0, 0.1) is 0 Å². The molecule has 0 saturated heterocycles. The number of methoxy groups -OCH3 is 1. The molecule has 114 valence electrons. The van der Waals surface area contributed by atoms with E-state index in [4.69, 9.17) is 14.6 Å². The molecule has 2 aromatic rings. The molecule has 0 fully saturated rings. The summed E-state index contributed by atoms with van der Waals surface area (Å²) in [4.78, 5) is 4.47. The zero-order valence-corrected chi connectivity index (χ0v) is 12.6. The summed E-state index contributed by atoms with van der Waals surface area (Å²) >= 11 is 0. The Kier molecular flexibility index (Phi) is 5.16. The molecule has 0 aliphatic heterocycles. The van der Waals surface area contributed by atoms with Crippen molar-refractivity contribution >= 4 is 0 Å². The van der Waals surface area contributed by atoms with Gasteiger partial charge in [-0.3, -0.25) is 0 Å². The highest BCUT2D eigenvalue weighted by Gasteiger charge is 2.12. The van der Waals surface area contributed by atoms with Crippen LogP contribution in [0.1, 0.15) is 31.4 Å². The summed E-state index contributed by atoms with van der Waals surface area (Å²) in [5.41, 5.74) is 0. The number of rotatable bonds is 7. The molecule has 0 saturated carbocycles. The second-order valence-electron chi connectivity index (χ2n) is 4.95. The quantitative estimate of drug-likeness (QED) is 0.844.